The topological polar surface area (TPSA) is 60.4 Å². The van der Waals surface area contributed by atoms with Gasteiger partial charge in [0.25, 0.3) is 0 Å². The van der Waals surface area contributed by atoms with Gasteiger partial charge in [-0.25, -0.2) is 8.42 Å². The van der Waals surface area contributed by atoms with Crippen molar-refractivity contribution in [3.8, 4) is 5.75 Å². The summed E-state index contributed by atoms with van der Waals surface area (Å²) in [6.45, 7) is 0. The van der Waals surface area contributed by atoms with Crippen LogP contribution in [-0.4, -0.2) is 32.3 Å². The summed E-state index contributed by atoms with van der Waals surface area (Å²) < 4.78 is 28.2. The van der Waals surface area contributed by atoms with Gasteiger partial charge < -0.3 is 4.74 Å². The number of sulfone groups is 1. The fourth-order valence-electron chi connectivity index (χ4n) is 1.85. The van der Waals surface area contributed by atoms with Gasteiger partial charge in [-0.1, -0.05) is 11.6 Å². The van der Waals surface area contributed by atoms with Crippen LogP contribution in [0.4, 0.5) is 0 Å². The molecule has 0 aliphatic carbocycles. The van der Waals surface area contributed by atoms with E-state index in [9.17, 15) is 13.2 Å². The average molecular weight is 289 g/mol. The van der Waals surface area contributed by atoms with Gasteiger partial charge in [0, 0.05) is 5.56 Å². The Hall–Kier alpha value is -1.07. The summed E-state index contributed by atoms with van der Waals surface area (Å²) in [7, 11) is -2.89. The molecule has 0 atom stereocenters. The van der Waals surface area contributed by atoms with Crippen LogP contribution in [0.5, 0.6) is 5.75 Å². The first-order valence-electron chi connectivity index (χ1n) is 5.62. The van der Waals surface area contributed by atoms with Crippen molar-refractivity contribution in [1.82, 2.24) is 0 Å². The van der Waals surface area contributed by atoms with Gasteiger partial charge >= 0.3 is 0 Å². The van der Waals surface area contributed by atoms with Crippen molar-refractivity contribution in [3.63, 3.8) is 0 Å². The minimum absolute atomic E-state index is 0.131. The Bertz CT molecular complexity index is 539. The van der Waals surface area contributed by atoms with E-state index in [1.807, 2.05) is 0 Å². The smallest absolute Gasteiger partial charge is 0.150 e. The molecule has 4 nitrogen and oxygen atoms in total. The van der Waals surface area contributed by atoms with Gasteiger partial charge in [0.1, 0.15) is 18.1 Å². The standard InChI is InChI=1S/C12H13ClO4S/c13-11-7-9(8-14)1-2-12(11)17-10-3-5-18(15,16)6-4-10/h1-2,7-8,10H,3-6H2. The third-order valence-electron chi connectivity index (χ3n) is 2.89. The summed E-state index contributed by atoms with van der Waals surface area (Å²) in [6.07, 6.45) is 1.54. The van der Waals surface area contributed by atoms with E-state index in [4.69, 9.17) is 16.3 Å². The highest BCUT2D eigenvalue weighted by atomic mass is 35.5. The van der Waals surface area contributed by atoms with E-state index in [0.29, 0.717) is 35.5 Å². The minimum Gasteiger partial charge on any atom is -0.489 e. The van der Waals surface area contributed by atoms with Crippen LogP contribution in [0.3, 0.4) is 0 Å². The molecule has 1 heterocycles. The zero-order chi connectivity index (χ0) is 13.2. The van der Waals surface area contributed by atoms with E-state index < -0.39 is 9.84 Å². The molecule has 0 amide bonds. The Labute approximate surface area is 111 Å². The maximum Gasteiger partial charge on any atom is 0.150 e. The van der Waals surface area contributed by atoms with Crippen molar-refractivity contribution in [3.05, 3.63) is 28.8 Å². The molecule has 0 bridgehead atoms. The maximum atomic E-state index is 11.3. The number of hydrogen-bond donors (Lipinski definition) is 0. The number of ether oxygens (including phenoxy) is 1. The lowest BCUT2D eigenvalue weighted by molar-refractivity contribution is 0.112. The molecule has 0 saturated carbocycles. The number of hydrogen-bond acceptors (Lipinski definition) is 4. The van der Waals surface area contributed by atoms with Crippen LogP contribution in [0.1, 0.15) is 23.2 Å². The Balaban J connectivity index is 2.04. The third kappa shape index (κ3) is 3.23. The van der Waals surface area contributed by atoms with Crippen LogP contribution < -0.4 is 4.74 Å². The molecular formula is C12H13ClO4S. The number of aldehydes is 1. The quantitative estimate of drug-likeness (QED) is 0.799. The molecule has 1 saturated heterocycles. The fourth-order valence-corrected chi connectivity index (χ4v) is 3.53. The lowest BCUT2D eigenvalue weighted by atomic mass is 10.2. The van der Waals surface area contributed by atoms with E-state index in [1.54, 1.807) is 12.1 Å². The molecule has 6 heteroatoms. The van der Waals surface area contributed by atoms with Gasteiger partial charge in [-0.2, -0.15) is 0 Å². The predicted octanol–water partition coefficient (Wildman–Crippen LogP) is 2.11. The van der Waals surface area contributed by atoms with E-state index in [2.05, 4.69) is 0 Å². The van der Waals surface area contributed by atoms with E-state index in [1.165, 1.54) is 6.07 Å². The monoisotopic (exact) mass is 288 g/mol. The van der Waals surface area contributed by atoms with Crippen LogP contribution in [0.15, 0.2) is 18.2 Å². The summed E-state index contributed by atoms with van der Waals surface area (Å²) in [4.78, 5) is 10.6. The predicted molar refractivity (Wildman–Crippen MR) is 69.1 cm³/mol. The second kappa shape index (κ2) is 5.28. The van der Waals surface area contributed by atoms with Crippen LogP contribution in [-0.2, 0) is 9.84 Å². The molecular weight excluding hydrogens is 276 g/mol. The van der Waals surface area contributed by atoms with Crippen molar-refractivity contribution in [2.75, 3.05) is 11.5 Å². The highest BCUT2D eigenvalue weighted by molar-refractivity contribution is 7.91. The lowest BCUT2D eigenvalue weighted by Gasteiger charge is -2.23. The molecule has 1 aromatic rings. The van der Waals surface area contributed by atoms with Crippen LogP contribution in [0.25, 0.3) is 0 Å². The number of benzene rings is 1. The first kappa shape index (κ1) is 13.4. The number of rotatable bonds is 3. The largest absolute Gasteiger partial charge is 0.489 e. The Morgan fingerprint density at radius 1 is 1.28 bits per heavy atom. The second-order valence-corrected chi connectivity index (χ2v) is 6.99. The average Bonchev–Trinajstić information content (AvgIpc) is 2.34. The van der Waals surface area contributed by atoms with Gasteiger partial charge in [-0.3, -0.25) is 4.79 Å². The third-order valence-corrected chi connectivity index (χ3v) is 4.90. The van der Waals surface area contributed by atoms with Gasteiger partial charge in [-0.15, -0.1) is 0 Å². The van der Waals surface area contributed by atoms with Crippen LogP contribution in [0, 0.1) is 0 Å². The van der Waals surface area contributed by atoms with E-state index >= 15 is 0 Å². The molecule has 0 N–H and O–H groups in total. The van der Waals surface area contributed by atoms with Crippen molar-refractivity contribution in [2.24, 2.45) is 0 Å². The van der Waals surface area contributed by atoms with Crippen molar-refractivity contribution >= 4 is 27.7 Å². The minimum atomic E-state index is -2.89. The Morgan fingerprint density at radius 3 is 2.50 bits per heavy atom. The van der Waals surface area contributed by atoms with Crippen LogP contribution >= 0.6 is 11.6 Å². The SMILES string of the molecule is O=Cc1ccc(OC2CCS(=O)(=O)CC2)c(Cl)c1. The zero-order valence-electron chi connectivity index (χ0n) is 9.63. The van der Waals surface area contributed by atoms with Gasteiger partial charge in [0.2, 0.25) is 0 Å². The molecule has 1 fully saturated rings. The number of carbonyl (C=O) groups is 1. The fraction of sp³-hybridized carbons (Fsp3) is 0.417. The molecule has 0 radical (unpaired) electrons. The van der Waals surface area contributed by atoms with Gasteiger partial charge in [0.05, 0.1) is 16.5 Å². The zero-order valence-corrected chi connectivity index (χ0v) is 11.2. The summed E-state index contributed by atoms with van der Waals surface area (Å²) in [6, 6.07) is 4.78. The van der Waals surface area contributed by atoms with E-state index in [-0.39, 0.29) is 17.6 Å². The highest BCUT2D eigenvalue weighted by Gasteiger charge is 2.25. The van der Waals surface area contributed by atoms with Gasteiger partial charge in [0.15, 0.2) is 9.84 Å². The normalized spacial score (nSPS) is 19.4. The molecule has 98 valence electrons. The summed E-state index contributed by atoms with van der Waals surface area (Å²) in [5, 5.41) is 0.369. The van der Waals surface area contributed by atoms with Crippen molar-refractivity contribution in [2.45, 2.75) is 18.9 Å². The second-order valence-electron chi connectivity index (χ2n) is 4.28. The summed E-state index contributed by atoms with van der Waals surface area (Å²) in [5.74, 6) is 0.801. The maximum absolute atomic E-state index is 11.3. The van der Waals surface area contributed by atoms with Gasteiger partial charge in [-0.05, 0) is 31.0 Å². The molecule has 1 aromatic carbocycles. The van der Waals surface area contributed by atoms with E-state index in [0.717, 1.165) is 0 Å². The van der Waals surface area contributed by atoms with Crippen molar-refractivity contribution in [1.29, 1.82) is 0 Å². The highest BCUT2D eigenvalue weighted by Crippen LogP contribution is 2.28. The van der Waals surface area contributed by atoms with Crippen LogP contribution in [0.2, 0.25) is 5.02 Å². The Morgan fingerprint density at radius 2 is 1.94 bits per heavy atom. The summed E-state index contributed by atoms with van der Waals surface area (Å²) in [5.41, 5.74) is 0.485. The Kier molecular flexibility index (Phi) is 3.92. The molecule has 0 unspecified atom stereocenters. The first-order chi connectivity index (χ1) is 8.50. The molecule has 0 aromatic heterocycles. The number of carbonyl (C=O) groups excluding carboxylic acids is 1. The van der Waals surface area contributed by atoms with Crippen molar-refractivity contribution < 1.29 is 17.9 Å². The first-order valence-corrected chi connectivity index (χ1v) is 7.82. The molecule has 1 aliphatic rings. The molecule has 0 spiro atoms. The molecule has 18 heavy (non-hydrogen) atoms. The molecule has 2 rings (SSSR count). The molecule has 1 aliphatic heterocycles. The number of halogens is 1. The summed E-state index contributed by atoms with van der Waals surface area (Å²) >= 11 is 5.98. The lowest BCUT2D eigenvalue weighted by Crippen LogP contribution is -2.30.